The first-order valence-electron chi connectivity index (χ1n) is 6.46. The lowest BCUT2D eigenvalue weighted by atomic mass is 9.95. The minimum Gasteiger partial charge on any atom is -0.480 e. The molecule has 0 aliphatic heterocycles. The van der Waals surface area contributed by atoms with Gasteiger partial charge in [-0.3, -0.25) is 4.79 Å². The number of aromatic nitrogens is 2. The molecule has 0 radical (unpaired) electrons. The summed E-state index contributed by atoms with van der Waals surface area (Å²) in [7, 11) is 0. The smallest absolute Gasteiger partial charge is 0.323 e. The van der Waals surface area contributed by atoms with E-state index in [1.54, 1.807) is 13.1 Å². The molecule has 1 atom stereocenters. The van der Waals surface area contributed by atoms with E-state index in [1.807, 2.05) is 20.0 Å². The minimum absolute atomic E-state index is 0.643. The molecule has 1 unspecified atom stereocenters. The molecule has 0 aliphatic rings. The highest BCUT2D eigenvalue weighted by atomic mass is 16.4. The number of aliphatic carboxylic acids is 1. The molecule has 5 heteroatoms. The van der Waals surface area contributed by atoms with E-state index in [9.17, 15) is 9.90 Å². The molecule has 0 aromatic carbocycles. The van der Waals surface area contributed by atoms with Crippen molar-refractivity contribution in [2.24, 2.45) is 0 Å². The van der Waals surface area contributed by atoms with Crippen molar-refractivity contribution in [3.63, 3.8) is 0 Å². The molecule has 2 N–H and O–H groups in total. The van der Waals surface area contributed by atoms with Crippen LogP contribution in [0.15, 0.2) is 12.4 Å². The SMILES string of the molecule is CCNC(C)(CCCCn1ccnc1C)C(=O)O. The topological polar surface area (TPSA) is 67.2 Å². The van der Waals surface area contributed by atoms with Crippen LogP contribution in [-0.2, 0) is 11.3 Å². The summed E-state index contributed by atoms with van der Waals surface area (Å²) in [6.07, 6.45) is 6.23. The molecule has 0 aliphatic carbocycles. The van der Waals surface area contributed by atoms with Crippen LogP contribution >= 0.6 is 0 Å². The summed E-state index contributed by atoms with van der Waals surface area (Å²) < 4.78 is 2.09. The van der Waals surface area contributed by atoms with Crippen LogP contribution in [0.25, 0.3) is 0 Å². The molecular weight excluding hydrogens is 230 g/mol. The maximum absolute atomic E-state index is 11.2. The second-order valence-electron chi connectivity index (χ2n) is 4.79. The number of carboxylic acid groups (broad SMARTS) is 1. The molecule has 0 saturated carbocycles. The summed E-state index contributed by atoms with van der Waals surface area (Å²) in [5.41, 5.74) is -0.807. The van der Waals surface area contributed by atoms with Gasteiger partial charge in [0.25, 0.3) is 0 Å². The standard InChI is InChI=1S/C13H23N3O2/c1-4-15-13(3,12(17)18)7-5-6-9-16-10-8-14-11(16)2/h8,10,15H,4-7,9H2,1-3H3,(H,17,18). The first-order chi connectivity index (χ1) is 8.49. The first kappa shape index (κ1) is 14.7. The average molecular weight is 253 g/mol. The number of carboxylic acids is 1. The van der Waals surface area contributed by atoms with E-state index < -0.39 is 11.5 Å². The third-order valence-electron chi connectivity index (χ3n) is 3.29. The van der Waals surface area contributed by atoms with Crippen molar-refractivity contribution in [3.05, 3.63) is 18.2 Å². The Morgan fingerprint density at radius 3 is 2.78 bits per heavy atom. The van der Waals surface area contributed by atoms with E-state index in [0.717, 1.165) is 25.2 Å². The number of hydrogen-bond acceptors (Lipinski definition) is 3. The molecule has 1 heterocycles. The number of nitrogens with zero attached hydrogens (tertiary/aromatic N) is 2. The zero-order valence-corrected chi connectivity index (χ0v) is 11.4. The van der Waals surface area contributed by atoms with Gasteiger partial charge >= 0.3 is 5.97 Å². The Labute approximate surface area is 108 Å². The van der Waals surface area contributed by atoms with Gasteiger partial charge in [-0.1, -0.05) is 6.92 Å². The van der Waals surface area contributed by atoms with E-state index in [0.29, 0.717) is 13.0 Å². The van der Waals surface area contributed by atoms with E-state index >= 15 is 0 Å². The Morgan fingerprint density at radius 1 is 1.56 bits per heavy atom. The summed E-state index contributed by atoms with van der Waals surface area (Å²) in [6, 6.07) is 0. The second kappa shape index (κ2) is 6.54. The number of carbonyl (C=O) groups is 1. The number of rotatable bonds is 8. The monoisotopic (exact) mass is 253 g/mol. The summed E-state index contributed by atoms with van der Waals surface area (Å²) in [5.74, 6) is 0.228. The Kier molecular flexibility index (Phi) is 5.34. The largest absolute Gasteiger partial charge is 0.480 e. The van der Waals surface area contributed by atoms with Crippen molar-refractivity contribution in [3.8, 4) is 0 Å². The fraction of sp³-hybridized carbons (Fsp3) is 0.692. The number of imidazole rings is 1. The number of unbranched alkanes of at least 4 members (excludes halogenated alkanes) is 1. The minimum atomic E-state index is -0.807. The zero-order valence-electron chi connectivity index (χ0n) is 11.4. The average Bonchev–Trinajstić information content (AvgIpc) is 2.71. The summed E-state index contributed by atoms with van der Waals surface area (Å²) in [4.78, 5) is 15.4. The summed E-state index contributed by atoms with van der Waals surface area (Å²) >= 11 is 0. The highest BCUT2D eigenvalue weighted by molar-refractivity contribution is 5.78. The molecule has 0 fully saturated rings. The normalized spacial score (nSPS) is 14.4. The summed E-state index contributed by atoms with van der Waals surface area (Å²) in [5, 5.41) is 12.3. The fourth-order valence-electron chi connectivity index (χ4n) is 2.06. The number of likely N-dealkylation sites (N-methyl/N-ethyl adjacent to an activating group) is 1. The predicted octanol–water partition coefficient (Wildman–Crippen LogP) is 1.81. The lowest BCUT2D eigenvalue weighted by Gasteiger charge is -2.25. The van der Waals surface area contributed by atoms with Gasteiger partial charge in [-0.2, -0.15) is 0 Å². The Morgan fingerprint density at radius 2 is 2.28 bits per heavy atom. The molecule has 5 nitrogen and oxygen atoms in total. The molecule has 0 saturated heterocycles. The number of aryl methyl sites for hydroxylation is 2. The fourth-order valence-corrected chi connectivity index (χ4v) is 2.06. The van der Waals surface area contributed by atoms with Gasteiger partial charge in [0.1, 0.15) is 11.4 Å². The van der Waals surface area contributed by atoms with Crippen LogP contribution in [0.2, 0.25) is 0 Å². The van der Waals surface area contributed by atoms with Crippen LogP contribution in [0.5, 0.6) is 0 Å². The van der Waals surface area contributed by atoms with Gasteiger partial charge in [0.2, 0.25) is 0 Å². The van der Waals surface area contributed by atoms with Gasteiger partial charge in [-0.05, 0) is 39.7 Å². The maximum Gasteiger partial charge on any atom is 0.323 e. The molecule has 1 aromatic rings. The van der Waals surface area contributed by atoms with Gasteiger partial charge in [0.05, 0.1) is 0 Å². The summed E-state index contributed by atoms with van der Waals surface area (Å²) in [6.45, 7) is 7.22. The Hall–Kier alpha value is -1.36. The van der Waals surface area contributed by atoms with E-state index in [-0.39, 0.29) is 0 Å². The van der Waals surface area contributed by atoms with Crippen molar-refractivity contribution < 1.29 is 9.90 Å². The van der Waals surface area contributed by atoms with Crippen molar-refractivity contribution >= 4 is 5.97 Å². The number of nitrogens with one attached hydrogen (secondary N) is 1. The second-order valence-corrected chi connectivity index (χ2v) is 4.79. The van der Waals surface area contributed by atoms with Crippen LogP contribution in [-0.4, -0.2) is 32.7 Å². The molecule has 0 spiro atoms. The molecule has 1 rings (SSSR count). The Bertz CT molecular complexity index is 389. The molecule has 102 valence electrons. The van der Waals surface area contributed by atoms with Crippen LogP contribution in [0.1, 0.15) is 38.9 Å². The van der Waals surface area contributed by atoms with Crippen LogP contribution in [0, 0.1) is 6.92 Å². The van der Waals surface area contributed by atoms with Crippen molar-refractivity contribution in [1.82, 2.24) is 14.9 Å². The van der Waals surface area contributed by atoms with Crippen molar-refractivity contribution in [1.29, 1.82) is 0 Å². The van der Waals surface area contributed by atoms with E-state index in [4.69, 9.17) is 0 Å². The van der Waals surface area contributed by atoms with E-state index in [1.165, 1.54) is 0 Å². The van der Waals surface area contributed by atoms with Gasteiger partial charge in [-0.25, -0.2) is 4.98 Å². The van der Waals surface area contributed by atoms with Gasteiger partial charge in [0.15, 0.2) is 0 Å². The third kappa shape index (κ3) is 3.84. The third-order valence-corrected chi connectivity index (χ3v) is 3.29. The Balaban J connectivity index is 2.36. The lowest BCUT2D eigenvalue weighted by Crippen LogP contribution is -2.49. The number of hydrogen-bond donors (Lipinski definition) is 2. The quantitative estimate of drug-likeness (QED) is 0.693. The van der Waals surface area contributed by atoms with Crippen LogP contribution in [0.3, 0.4) is 0 Å². The van der Waals surface area contributed by atoms with Gasteiger partial charge in [0, 0.05) is 18.9 Å². The van der Waals surface area contributed by atoms with E-state index in [2.05, 4.69) is 14.9 Å². The molecular formula is C13H23N3O2. The molecule has 0 amide bonds. The predicted molar refractivity (Wildman–Crippen MR) is 70.5 cm³/mol. The highest BCUT2D eigenvalue weighted by Gasteiger charge is 2.30. The van der Waals surface area contributed by atoms with Crippen LogP contribution in [0.4, 0.5) is 0 Å². The zero-order chi connectivity index (χ0) is 13.6. The molecule has 0 bridgehead atoms. The van der Waals surface area contributed by atoms with Crippen molar-refractivity contribution in [2.45, 2.75) is 52.1 Å². The molecule has 1 aromatic heterocycles. The van der Waals surface area contributed by atoms with Gasteiger partial charge < -0.3 is 15.0 Å². The highest BCUT2D eigenvalue weighted by Crippen LogP contribution is 2.15. The van der Waals surface area contributed by atoms with Crippen molar-refractivity contribution in [2.75, 3.05) is 6.54 Å². The maximum atomic E-state index is 11.2. The lowest BCUT2D eigenvalue weighted by molar-refractivity contribution is -0.144. The molecule has 18 heavy (non-hydrogen) atoms. The first-order valence-corrected chi connectivity index (χ1v) is 6.46. The van der Waals surface area contributed by atoms with Gasteiger partial charge in [-0.15, -0.1) is 0 Å². The van der Waals surface area contributed by atoms with Crippen LogP contribution < -0.4 is 5.32 Å².